The van der Waals surface area contributed by atoms with Crippen LogP contribution in [-0.2, 0) is 9.59 Å². The molecule has 1 atom stereocenters. The molecule has 0 radical (unpaired) electrons. The molecule has 2 aromatic carbocycles. The quantitative estimate of drug-likeness (QED) is 0.650. The summed E-state index contributed by atoms with van der Waals surface area (Å²) in [5.41, 5.74) is 1.57. The van der Waals surface area contributed by atoms with Gasteiger partial charge in [-0.3, -0.25) is 14.4 Å². The fraction of sp³-hybridized carbons (Fsp3) is 0.375. The first-order valence-electron chi connectivity index (χ1n) is 10.7. The summed E-state index contributed by atoms with van der Waals surface area (Å²) in [6, 6.07) is 10.9. The van der Waals surface area contributed by atoms with E-state index in [0.717, 1.165) is 12.8 Å². The van der Waals surface area contributed by atoms with Gasteiger partial charge in [-0.1, -0.05) is 25.4 Å². The lowest BCUT2D eigenvalue weighted by molar-refractivity contribution is -0.120. The van der Waals surface area contributed by atoms with E-state index in [0.29, 0.717) is 40.7 Å². The minimum atomic E-state index is -0.750. The van der Waals surface area contributed by atoms with E-state index in [4.69, 9.17) is 16.3 Å². The first kappa shape index (κ1) is 23.6. The maximum absolute atomic E-state index is 13.0. The molecular weight excluding hydrogens is 430 g/mol. The van der Waals surface area contributed by atoms with Crippen molar-refractivity contribution in [3.63, 3.8) is 0 Å². The van der Waals surface area contributed by atoms with Crippen LogP contribution in [0.2, 0.25) is 5.02 Å². The number of nitrogens with one attached hydrogen (secondary N) is 2. The average molecular weight is 458 g/mol. The Balaban J connectivity index is 1.77. The Morgan fingerprint density at radius 3 is 2.44 bits per heavy atom. The van der Waals surface area contributed by atoms with E-state index in [-0.39, 0.29) is 23.6 Å². The van der Waals surface area contributed by atoms with E-state index >= 15 is 0 Å². The number of carbonyl (C=O) groups is 3. The van der Waals surface area contributed by atoms with Gasteiger partial charge in [-0.2, -0.15) is 0 Å². The number of methoxy groups -OCH3 is 1. The summed E-state index contributed by atoms with van der Waals surface area (Å²) in [5, 5.41) is 6.19. The van der Waals surface area contributed by atoms with Crippen LogP contribution in [0.4, 0.5) is 11.4 Å². The number of halogens is 1. The normalized spacial score (nSPS) is 14.8. The third-order valence-corrected chi connectivity index (χ3v) is 5.65. The van der Waals surface area contributed by atoms with Crippen LogP contribution in [0.15, 0.2) is 42.5 Å². The van der Waals surface area contributed by atoms with E-state index in [1.807, 2.05) is 13.8 Å². The number of carbonyl (C=O) groups excluding carboxylic acids is 3. The number of amides is 3. The number of benzene rings is 2. The lowest BCUT2D eigenvalue weighted by atomic mass is 10.0. The highest BCUT2D eigenvalue weighted by Crippen LogP contribution is 2.33. The Morgan fingerprint density at radius 1 is 1.09 bits per heavy atom. The topological polar surface area (TPSA) is 87.7 Å². The number of rotatable bonds is 7. The lowest BCUT2D eigenvalue weighted by Crippen LogP contribution is -2.47. The van der Waals surface area contributed by atoms with E-state index in [2.05, 4.69) is 10.6 Å². The Morgan fingerprint density at radius 2 is 1.81 bits per heavy atom. The number of ether oxygens (including phenoxy) is 1. The summed E-state index contributed by atoms with van der Waals surface area (Å²) in [6.07, 6.45) is 2.28. The minimum absolute atomic E-state index is 0.0355. The predicted octanol–water partition coefficient (Wildman–Crippen LogP) is 4.26. The molecule has 1 aliphatic heterocycles. The molecule has 2 aromatic rings. The summed E-state index contributed by atoms with van der Waals surface area (Å²) in [7, 11) is 1.55. The zero-order valence-corrected chi connectivity index (χ0v) is 19.2. The standard InChI is InChI=1S/C24H28ClN3O4/c1-15(2)22(27-23(30)16-7-9-17(25)10-8-16)24(31)26-18-11-12-20(32-3)19(14-18)28-13-5-4-6-21(28)29/h7-12,14-15,22H,4-6,13H2,1-3H3,(H,26,31)(H,27,30). The molecule has 170 valence electrons. The number of piperidine rings is 1. The van der Waals surface area contributed by atoms with Gasteiger partial charge < -0.3 is 20.3 Å². The van der Waals surface area contributed by atoms with Crippen molar-refractivity contribution in [2.75, 3.05) is 23.9 Å². The van der Waals surface area contributed by atoms with Gasteiger partial charge in [0.25, 0.3) is 5.91 Å². The van der Waals surface area contributed by atoms with Gasteiger partial charge in [0.15, 0.2) is 0 Å². The predicted molar refractivity (Wildman–Crippen MR) is 125 cm³/mol. The molecule has 0 spiro atoms. The highest BCUT2D eigenvalue weighted by atomic mass is 35.5. The van der Waals surface area contributed by atoms with Crippen LogP contribution in [0.3, 0.4) is 0 Å². The molecule has 8 heteroatoms. The molecule has 3 rings (SSSR count). The van der Waals surface area contributed by atoms with Crippen molar-refractivity contribution in [1.29, 1.82) is 0 Å². The van der Waals surface area contributed by atoms with Crippen molar-refractivity contribution in [2.45, 2.75) is 39.2 Å². The average Bonchev–Trinajstić information content (AvgIpc) is 2.77. The Bertz CT molecular complexity index is 991. The third kappa shape index (κ3) is 5.59. The maximum Gasteiger partial charge on any atom is 0.251 e. The fourth-order valence-electron chi connectivity index (χ4n) is 3.62. The largest absolute Gasteiger partial charge is 0.495 e. The van der Waals surface area contributed by atoms with Gasteiger partial charge >= 0.3 is 0 Å². The second-order valence-corrected chi connectivity index (χ2v) is 8.52. The molecule has 0 aliphatic carbocycles. The molecule has 1 saturated heterocycles. The van der Waals surface area contributed by atoms with Gasteiger partial charge in [0.2, 0.25) is 11.8 Å². The van der Waals surface area contributed by atoms with Gasteiger partial charge in [-0.05, 0) is 61.2 Å². The van der Waals surface area contributed by atoms with E-state index < -0.39 is 6.04 Å². The van der Waals surface area contributed by atoms with Crippen LogP contribution < -0.4 is 20.3 Å². The second kappa shape index (κ2) is 10.5. The smallest absolute Gasteiger partial charge is 0.251 e. The Kier molecular flexibility index (Phi) is 7.75. The van der Waals surface area contributed by atoms with Gasteiger partial charge in [0.1, 0.15) is 11.8 Å². The van der Waals surface area contributed by atoms with Crippen LogP contribution in [0, 0.1) is 5.92 Å². The summed E-state index contributed by atoms with van der Waals surface area (Å²) in [5.74, 6) is -0.246. The van der Waals surface area contributed by atoms with Crippen LogP contribution in [0.25, 0.3) is 0 Å². The second-order valence-electron chi connectivity index (χ2n) is 8.08. The molecule has 0 aromatic heterocycles. The van der Waals surface area contributed by atoms with Crippen molar-refractivity contribution < 1.29 is 19.1 Å². The molecule has 0 saturated carbocycles. The number of hydrogen-bond acceptors (Lipinski definition) is 4. The molecule has 1 aliphatic rings. The Labute approximate surface area is 193 Å². The van der Waals surface area contributed by atoms with Gasteiger partial charge in [0, 0.05) is 29.2 Å². The maximum atomic E-state index is 13.0. The van der Waals surface area contributed by atoms with Crippen LogP contribution >= 0.6 is 11.6 Å². The van der Waals surface area contributed by atoms with Crippen molar-refractivity contribution in [2.24, 2.45) is 5.92 Å². The molecule has 1 unspecified atom stereocenters. The highest BCUT2D eigenvalue weighted by molar-refractivity contribution is 6.30. The molecule has 1 fully saturated rings. The third-order valence-electron chi connectivity index (χ3n) is 5.40. The molecule has 0 bridgehead atoms. The summed E-state index contributed by atoms with van der Waals surface area (Å²) >= 11 is 5.88. The van der Waals surface area contributed by atoms with Crippen molar-refractivity contribution in [1.82, 2.24) is 5.32 Å². The molecule has 2 N–H and O–H groups in total. The van der Waals surface area contributed by atoms with E-state index in [1.54, 1.807) is 54.5 Å². The molecule has 1 heterocycles. The van der Waals surface area contributed by atoms with Crippen LogP contribution in [-0.4, -0.2) is 37.4 Å². The monoisotopic (exact) mass is 457 g/mol. The fourth-order valence-corrected chi connectivity index (χ4v) is 3.75. The van der Waals surface area contributed by atoms with Crippen molar-refractivity contribution in [3.8, 4) is 5.75 Å². The minimum Gasteiger partial charge on any atom is -0.495 e. The van der Waals surface area contributed by atoms with E-state index in [1.165, 1.54) is 0 Å². The number of hydrogen-bond donors (Lipinski definition) is 2. The Hall–Kier alpha value is -3.06. The van der Waals surface area contributed by atoms with Gasteiger partial charge in [-0.15, -0.1) is 0 Å². The van der Waals surface area contributed by atoms with Crippen LogP contribution in [0.5, 0.6) is 5.75 Å². The van der Waals surface area contributed by atoms with Gasteiger partial charge in [0.05, 0.1) is 12.8 Å². The van der Waals surface area contributed by atoms with Crippen molar-refractivity contribution >= 4 is 40.7 Å². The lowest BCUT2D eigenvalue weighted by Gasteiger charge is -2.28. The zero-order valence-electron chi connectivity index (χ0n) is 18.5. The summed E-state index contributed by atoms with van der Waals surface area (Å²) < 4.78 is 5.43. The first-order chi connectivity index (χ1) is 15.3. The van der Waals surface area contributed by atoms with E-state index in [9.17, 15) is 14.4 Å². The highest BCUT2D eigenvalue weighted by Gasteiger charge is 2.26. The van der Waals surface area contributed by atoms with Crippen LogP contribution in [0.1, 0.15) is 43.5 Å². The summed E-state index contributed by atoms with van der Waals surface area (Å²) in [6.45, 7) is 4.33. The van der Waals surface area contributed by atoms with Gasteiger partial charge in [-0.25, -0.2) is 0 Å². The SMILES string of the molecule is COc1ccc(NC(=O)C(NC(=O)c2ccc(Cl)cc2)C(C)C)cc1N1CCCCC1=O. The number of anilines is 2. The first-order valence-corrected chi connectivity index (χ1v) is 11.0. The zero-order chi connectivity index (χ0) is 23.3. The summed E-state index contributed by atoms with van der Waals surface area (Å²) in [4.78, 5) is 39.7. The van der Waals surface area contributed by atoms with Crippen molar-refractivity contribution in [3.05, 3.63) is 53.1 Å². The molecule has 7 nitrogen and oxygen atoms in total. The molecule has 32 heavy (non-hydrogen) atoms. The molecule has 3 amide bonds. The molecular formula is C24H28ClN3O4. The number of nitrogens with zero attached hydrogens (tertiary/aromatic N) is 1.